The molecule has 0 aliphatic heterocycles. The number of rotatable bonds is 3. The number of nitro benzene ring substituents is 1. The van der Waals surface area contributed by atoms with Crippen LogP contribution in [0, 0.1) is 16.1 Å². The molecule has 116 valence electrons. The minimum Gasteiger partial charge on any atom is -0.504 e. The van der Waals surface area contributed by atoms with Crippen LogP contribution in [0.2, 0.25) is 0 Å². The zero-order valence-corrected chi connectivity index (χ0v) is 11.4. The van der Waals surface area contributed by atoms with Crippen LogP contribution in [0.4, 0.5) is 10.1 Å². The summed E-state index contributed by atoms with van der Waals surface area (Å²) in [5.74, 6) is -2.24. The Morgan fingerprint density at radius 3 is 2.78 bits per heavy atom. The summed E-state index contributed by atoms with van der Waals surface area (Å²) >= 11 is 0. The maximum absolute atomic E-state index is 13.8. The van der Waals surface area contributed by atoms with Crippen LogP contribution in [-0.4, -0.2) is 29.7 Å². The highest BCUT2D eigenvalue weighted by Gasteiger charge is 2.21. The fourth-order valence-electron chi connectivity index (χ4n) is 2.15. The Labute approximate surface area is 128 Å². The smallest absolute Gasteiger partial charge is 0.315 e. The molecule has 2 N–H and O–H groups in total. The largest absolute Gasteiger partial charge is 0.504 e. The molecule has 0 spiro atoms. The van der Waals surface area contributed by atoms with E-state index >= 15 is 0 Å². The van der Waals surface area contributed by atoms with E-state index in [1.54, 1.807) is 0 Å². The van der Waals surface area contributed by atoms with Gasteiger partial charge in [0.05, 0.1) is 23.1 Å². The molecular formula is C14H9FN4O4. The molecule has 8 nitrogen and oxygen atoms in total. The van der Waals surface area contributed by atoms with Crippen LogP contribution in [0.3, 0.4) is 0 Å². The molecule has 3 aromatic rings. The third-order valence-electron chi connectivity index (χ3n) is 3.20. The predicted molar refractivity (Wildman–Crippen MR) is 76.7 cm³/mol. The molecule has 0 aliphatic rings. The van der Waals surface area contributed by atoms with E-state index in [4.69, 9.17) is 0 Å². The second-order valence-electron chi connectivity index (χ2n) is 4.58. The molecule has 2 aromatic heterocycles. The molecule has 9 heteroatoms. The first-order chi connectivity index (χ1) is 11.0. The summed E-state index contributed by atoms with van der Waals surface area (Å²) in [7, 11) is 0. The molecule has 23 heavy (non-hydrogen) atoms. The molecule has 3 rings (SSSR count). The fourth-order valence-corrected chi connectivity index (χ4v) is 2.15. The van der Waals surface area contributed by atoms with Crippen LogP contribution in [0.15, 0.2) is 43.0 Å². The molecular weight excluding hydrogens is 307 g/mol. The van der Waals surface area contributed by atoms with Crippen LogP contribution in [0.5, 0.6) is 11.5 Å². The molecule has 0 aliphatic carbocycles. The summed E-state index contributed by atoms with van der Waals surface area (Å²) in [6.07, 6.45) is 3.94. The lowest BCUT2D eigenvalue weighted by Crippen LogP contribution is -2.00. The van der Waals surface area contributed by atoms with Gasteiger partial charge in [0, 0.05) is 17.8 Å². The van der Waals surface area contributed by atoms with Crippen LogP contribution >= 0.6 is 0 Å². The van der Waals surface area contributed by atoms with Crippen molar-refractivity contribution in [2.75, 3.05) is 0 Å². The molecule has 0 saturated heterocycles. The molecule has 0 bridgehead atoms. The number of pyridine rings is 1. The number of hydrogen-bond acceptors (Lipinski definition) is 6. The molecule has 0 fully saturated rings. The second-order valence-corrected chi connectivity index (χ2v) is 4.58. The molecule has 0 amide bonds. The number of imidazole rings is 1. The third-order valence-corrected chi connectivity index (χ3v) is 3.20. The predicted octanol–water partition coefficient (Wildman–Crippen LogP) is 2.39. The van der Waals surface area contributed by atoms with Crippen LogP contribution < -0.4 is 0 Å². The van der Waals surface area contributed by atoms with Crippen molar-refractivity contribution in [2.24, 2.45) is 0 Å². The normalized spacial score (nSPS) is 10.7. The number of phenolic OH excluding ortho intramolecular Hbond substituents is 2. The Bertz CT molecular complexity index is 910. The van der Waals surface area contributed by atoms with Gasteiger partial charge in [-0.15, -0.1) is 0 Å². The maximum Gasteiger partial charge on any atom is 0.315 e. The number of nitrogens with zero attached hydrogens (tertiary/aromatic N) is 4. The number of phenols is 2. The van der Waals surface area contributed by atoms with Gasteiger partial charge in [-0.3, -0.25) is 14.7 Å². The number of nitro groups is 1. The number of benzene rings is 1. The highest BCUT2D eigenvalue weighted by atomic mass is 19.1. The molecule has 0 unspecified atom stereocenters. The van der Waals surface area contributed by atoms with Gasteiger partial charge in [0.15, 0.2) is 5.75 Å². The van der Waals surface area contributed by atoms with Gasteiger partial charge in [0.25, 0.3) is 0 Å². The van der Waals surface area contributed by atoms with Crippen molar-refractivity contribution in [3.63, 3.8) is 0 Å². The third kappa shape index (κ3) is 2.44. The quantitative estimate of drug-likeness (QED) is 0.332. The standard InChI is InChI=1S/C14H9FN4O4/c15-14-9(2-1-3-17-14)18-7-16-6-11(18)8-4-10(19(22)23)13(21)12(20)5-8/h1-7,20-21H. The van der Waals surface area contributed by atoms with Gasteiger partial charge in [-0.2, -0.15) is 4.39 Å². The van der Waals surface area contributed by atoms with E-state index in [1.807, 2.05) is 0 Å². The fraction of sp³-hybridized carbons (Fsp3) is 0. The monoisotopic (exact) mass is 316 g/mol. The van der Waals surface area contributed by atoms with E-state index < -0.39 is 28.1 Å². The minimum absolute atomic E-state index is 0.0928. The highest BCUT2D eigenvalue weighted by molar-refractivity contribution is 5.71. The first-order valence-corrected chi connectivity index (χ1v) is 6.33. The van der Waals surface area contributed by atoms with Crippen LogP contribution in [-0.2, 0) is 0 Å². The van der Waals surface area contributed by atoms with Crippen LogP contribution in [0.25, 0.3) is 16.9 Å². The number of hydrogen-bond donors (Lipinski definition) is 2. The van der Waals surface area contributed by atoms with Crippen molar-refractivity contribution in [3.8, 4) is 28.4 Å². The average Bonchev–Trinajstić information content (AvgIpc) is 2.99. The van der Waals surface area contributed by atoms with E-state index in [0.29, 0.717) is 0 Å². The highest BCUT2D eigenvalue weighted by Crippen LogP contribution is 2.39. The summed E-state index contributed by atoms with van der Waals surface area (Å²) in [5.41, 5.74) is -0.0994. The lowest BCUT2D eigenvalue weighted by atomic mass is 10.1. The summed E-state index contributed by atoms with van der Waals surface area (Å²) in [6.45, 7) is 0. The summed E-state index contributed by atoms with van der Waals surface area (Å²) < 4.78 is 15.2. The Kier molecular flexibility index (Phi) is 3.37. The average molecular weight is 316 g/mol. The van der Waals surface area contributed by atoms with E-state index in [0.717, 1.165) is 12.1 Å². The van der Waals surface area contributed by atoms with Gasteiger partial charge < -0.3 is 10.2 Å². The van der Waals surface area contributed by atoms with Gasteiger partial charge in [-0.25, -0.2) is 9.97 Å². The maximum atomic E-state index is 13.8. The summed E-state index contributed by atoms with van der Waals surface area (Å²) in [4.78, 5) is 17.5. The van der Waals surface area contributed by atoms with Crippen molar-refractivity contribution in [1.82, 2.24) is 14.5 Å². The Morgan fingerprint density at radius 1 is 1.30 bits per heavy atom. The number of aromatic hydroxyl groups is 2. The molecule has 0 radical (unpaired) electrons. The van der Waals surface area contributed by atoms with Gasteiger partial charge in [-0.1, -0.05) is 0 Å². The van der Waals surface area contributed by atoms with Gasteiger partial charge in [0.2, 0.25) is 11.7 Å². The zero-order valence-electron chi connectivity index (χ0n) is 11.4. The van der Waals surface area contributed by atoms with E-state index in [2.05, 4.69) is 9.97 Å². The number of halogens is 1. The molecule has 2 heterocycles. The molecule has 1 aromatic carbocycles. The van der Waals surface area contributed by atoms with Gasteiger partial charge >= 0.3 is 5.69 Å². The van der Waals surface area contributed by atoms with Gasteiger partial charge in [0.1, 0.15) is 5.69 Å². The van der Waals surface area contributed by atoms with E-state index in [9.17, 15) is 24.7 Å². The van der Waals surface area contributed by atoms with E-state index in [1.165, 1.54) is 35.4 Å². The first kappa shape index (κ1) is 14.4. The Hall–Kier alpha value is -3.49. The van der Waals surface area contributed by atoms with Crippen molar-refractivity contribution < 1.29 is 19.5 Å². The lowest BCUT2D eigenvalue weighted by Gasteiger charge is -2.09. The van der Waals surface area contributed by atoms with Crippen molar-refractivity contribution in [1.29, 1.82) is 0 Å². The first-order valence-electron chi connectivity index (χ1n) is 6.33. The van der Waals surface area contributed by atoms with Gasteiger partial charge in [-0.05, 0) is 18.2 Å². The minimum atomic E-state index is -0.836. The van der Waals surface area contributed by atoms with Crippen molar-refractivity contribution >= 4 is 5.69 Å². The Balaban J connectivity index is 2.21. The number of aromatic nitrogens is 3. The SMILES string of the molecule is O=[N+]([O-])c1cc(-c2cncn2-c2cccnc2F)cc(O)c1O. The van der Waals surface area contributed by atoms with Crippen LogP contribution in [0.1, 0.15) is 0 Å². The van der Waals surface area contributed by atoms with Crippen molar-refractivity contribution in [2.45, 2.75) is 0 Å². The molecule has 0 atom stereocenters. The summed E-state index contributed by atoms with van der Waals surface area (Å²) in [5, 5.41) is 30.2. The second kappa shape index (κ2) is 5.37. The lowest BCUT2D eigenvalue weighted by molar-refractivity contribution is -0.385. The van der Waals surface area contributed by atoms with Crippen molar-refractivity contribution in [3.05, 3.63) is 59.0 Å². The zero-order chi connectivity index (χ0) is 16.6. The topological polar surface area (TPSA) is 114 Å². The Morgan fingerprint density at radius 2 is 2.09 bits per heavy atom. The summed E-state index contributed by atoms with van der Waals surface area (Å²) in [6, 6.07) is 5.18. The van der Waals surface area contributed by atoms with E-state index in [-0.39, 0.29) is 16.9 Å². The molecule has 0 saturated carbocycles.